The summed E-state index contributed by atoms with van der Waals surface area (Å²) in [6.07, 6.45) is 48.1. The maximum atomic E-state index is 12.2. The maximum Gasteiger partial charge on any atom is 0.306 e. The van der Waals surface area contributed by atoms with Crippen LogP contribution in [0.3, 0.4) is 0 Å². The van der Waals surface area contributed by atoms with Crippen LogP contribution >= 0.6 is 0 Å². The molecule has 0 radical (unpaired) electrons. The van der Waals surface area contributed by atoms with Crippen molar-refractivity contribution in [1.82, 2.24) is 0 Å². The van der Waals surface area contributed by atoms with Crippen LogP contribution in [0.25, 0.3) is 0 Å². The monoisotopic (exact) mass is 691 g/mol. The fourth-order valence-electron chi connectivity index (χ4n) is 6.19. The first-order valence-electron chi connectivity index (χ1n) is 21.4. The molecule has 49 heavy (non-hydrogen) atoms. The molecule has 5 heteroatoms. The normalized spacial score (nSPS) is 12.3. The van der Waals surface area contributed by atoms with E-state index in [1.165, 1.54) is 154 Å². The van der Waals surface area contributed by atoms with E-state index in [0.29, 0.717) is 12.8 Å². The Morgan fingerprint density at radius 3 is 1.10 bits per heavy atom. The summed E-state index contributed by atoms with van der Waals surface area (Å²) in [5.74, 6) is -0.598. The van der Waals surface area contributed by atoms with Gasteiger partial charge in [-0.2, -0.15) is 0 Å². The largest absolute Gasteiger partial charge is 0.462 e. The number of hydrogen-bond donors (Lipinski definition) is 1. The van der Waals surface area contributed by atoms with Gasteiger partial charge in [0, 0.05) is 12.8 Å². The van der Waals surface area contributed by atoms with Crippen LogP contribution in [0.15, 0.2) is 24.3 Å². The lowest BCUT2D eigenvalue weighted by atomic mass is 10.1. The number of hydrogen-bond acceptors (Lipinski definition) is 5. The van der Waals surface area contributed by atoms with Crippen molar-refractivity contribution in [2.24, 2.45) is 0 Å². The molecule has 0 spiro atoms. The Labute approximate surface area is 304 Å². The van der Waals surface area contributed by atoms with E-state index in [-0.39, 0.29) is 25.2 Å². The smallest absolute Gasteiger partial charge is 0.306 e. The molecule has 0 saturated carbocycles. The number of carbonyl (C=O) groups excluding carboxylic acids is 2. The molecule has 0 aliphatic carbocycles. The van der Waals surface area contributed by atoms with Gasteiger partial charge in [-0.25, -0.2) is 0 Å². The predicted octanol–water partition coefficient (Wildman–Crippen LogP) is 13.5. The predicted molar refractivity (Wildman–Crippen MR) is 210 cm³/mol. The molecular formula is C44H82O5. The first kappa shape index (κ1) is 47.4. The van der Waals surface area contributed by atoms with Gasteiger partial charge >= 0.3 is 11.9 Å². The second-order valence-corrected chi connectivity index (χ2v) is 14.4. The van der Waals surface area contributed by atoms with E-state index in [4.69, 9.17) is 9.47 Å². The number of aliphatic hydroxyl groups excluding tert-OH is 1. The number of carbonyl (C=O) groups is 2. The van der Waals surface area contributed by atoms with Gasteiger partial charge in [-0.1, -0.05) is 173 Å². The van der Waals surface area contributed by atoms with Crippen LogP contribution in [0.1, 0.15) is 226 Å². The highest BCUT2D eigenvalue weighted by Gasteiger charge is 2.16. The summed E-state index contributed by atoms with van der Waals surface area (Å²) in [6, 6.07) is 0. The summed E-state index contributed by atoms with van der Waals surface area (Å²) >= 11 is 0. The molecule has 0 aliphatic heterocycles. The van der Waals surface area contributed by atoms with Crippen LogP contribution < -0.4 is 0 Å². The van der Waals surface area contributed by atoms with Crippen molar-refractivity contribution in [3.8, 4) is 0 Å². The minimum atomic E-state index is -0.773. The molecule has 0 aromatic carbocycles. The molecule has 1 N–H and O–H groups in total. The Morgan fingerprint density at radius 1 is 0.449 bits per heavy atom. The molecule has 0 fully saturated rings. The van der Waals surface area contributed by atoms with E-state index in [1.54, 1.807) is 0 Å². The molecule has 0 saturated heterocycles. The van der Waals surface area contributed by atoms with Crippen molar-refractivity contribution in [1.29, 1.82) is 0 Å². The van der Waals surface area contributed by atoms with E-state index in [9.17, 15) is 14.7 Å². The molecule has 0 heterocycles. The minimum Gasteiger partial charge on any atom is -0.462 e. The van der Waals surface area contributed by atoms with E-state index in [2.05, 4.69) is 38.2 Å². The Hall–Kier alpha value is -1.62. The molecule has 0 aliphatic rings. The quantitative estimate of drug-likeness (QED) is 0.0395. The molecule has 288 valence electrons. The Morgan fingerprint density at radius 2 is 0.755 bits per heavy atom. The molecular weight excluding hydrogens is 608 g/mol. The van der Waals surface area contributed by atoms with Crippen LogP contribution in [-0.2, 0) is 19.1 Å². The van der Waals surface area contributed by atoms with Crippen LogP contribution in [0.4, 0.5) is 0 Å². The van der Waals surface area contributed by atoms with E-state index < -0.39 is 6.10 Å². The van der Waals surface area contributed by atoms with Crippen LogP contribution in [0, 0.1) is 0 Å². The average Bonchev–Trinajstić information content (AvgIpc) is 3.10. The van der Waals surface area contributed by atoms with E-state index in [0.717, 1.165) is 44.9 Å². The number of esters is 2. The third-order valence-electron chi connectivity index (χ3n) is 9.47. The lowest BCUT2D eigenvalue weighted by Crippen LogP contribution is -2.28. The highest BCUT2D eigenvalue weighted by Crippen LogP contribution is 2.14. The summed E-state index contributed by atoms with van der Waals surface area (Å²) in [7, 11) is 0. The van der Waals surface area contributed by atoms with Gasteiger partial charge in [-0.15, -0.1) is 0 Å². The molecule has 5 nitrogen and oxygen atoms in total. The van der Waals surface area contributed by atoms with Gasteiger partial charge in [0.25, 0.3) is 0 Å². The van der Waals surface area contributed by atoms with Crippen molar-refractivity contribution < 1.29 is 24.2 Å². The van der Waals surface area contributed by atoms with Crippen molar-refractivity contribution in [2.75, 3.05) is 13.2 Å². The van der Waals surface area contributed by atoms with Gasteiger partial charge in [0.05, 0.1) is 6.61 Å². The van der Waals surface area contributed by atoms with E-state index in [1.807, 2.05) is 0 Å². The Kier molecular flexibility index (Phi) is 39.5. The lowest BCUT2D eigenvalue weighted by molar-refractivity contribution is -0.161. The number of unbranched alkanes of at least 4 members (excludes halogenated alkanes) is 27. The zero-order valence-corrected chi connectivity index (χ0v) is 32.7. The molecule has 0 bridgehead atoms. The zero-order chi connectivity index (χ0) is 35.7. The second kappa shape index (κ2) is 40.8. The van der Waals surface area contributed by atoms with Gasteiger partial charge in [-0.05, 0) is 64.2 Å². The molecule has 0 unspecified atom stereocenters. The molecule has 0 amide bonds. The first-order chi connectivity index (χ1) is 24.1. The fraction of sp³-hybridized carbons (Fsp3) is 0.864. The van der Waals surface area contributed by atoms with Crippen molar-refractivity contribution in [3.05, 3.63) is 24.3 Å². The fourth-order valence-corrected chi connectivity index (χ4v) is 6.19. The SMILES string of the molecule is CCCCCCCCC/C=C\CCCCCCCC(=O)OC[C@H](CO)OC(=O)CCCCCCCCC/C=C\CCCCCCCCCC. The molecule has 0 aromatic rings. The van der Waals surface area contributed by atoms with Gasteiger partial charge in [0.2, 0.25) is 0 Å². The van der Waals surface area contributed by atoms with Crippen LogP contribution in [0.5, 0.6) is 0 Å². The Bertz CT molecular complexity index is 746. The Balaban J connectivity index is 3.53. The summed E-state index contributed by atoms with van der Waals surface area (Å²) in [4.78, 5) is 24.3. The topological polar surface area (TPSA) is 72.8 Å². The van der Waals surface area contributed by atoms with Crippen molar-refractivity contribution in [2.45, 2.75) is 232 Å². The van der Waals surface area contributed by atoms with Gasteiger partial charge in [0.15, 0.2) is 6.10 Å². The number of aliphatic hydroxyl groups is 1. The van der Waals surface area contributed by atoms with Crippen molar-refractivity contribution in [3.63, 3.8) is 0 Å². The van der Waals surface area contributed by atoms with Gasteiger partial charge < -0.3 is 14.6 Å². The highest BCUT2D eigenvalue weighted by atomic mass is 16.6. The summed E-state index contributed by atoms with van der Waals surface area (Å²) in [5, 5.41) is 9.57. The highest BCUT2D eigenvalue weighted by molar-refractivity contribution is 5.70. The summed E-state index contributed by atoms with van der Waals surface area (Å²) in [6.45, 7) is 4.14. The number of rotatable bonds is 39. The van der Waals surface area contributed by atoms with E-state index >= 15 is 0 Å². The third-order valence-corrected chi connectivity index (χ3v) is 9.47. The van der Waals surface area contributed by atoms with Crippen LogP contribution in [0.2, 0.25) is 0 Å². The average molecular weight is 691 g/mol. The second-order valence-electron chi connectivity index (χ2n) is 14.4. The molecule has 0 rings (SSSR count). The first-order valence-corrected chi connectivity index (χ1v) is 21.4. The molecule has 0 aromatic heterocycles. The van der Waals surface area contributed by atoms with Gasteiger partial charge in [0.1, 0.15) is 6.61 Å². The summed E-state index contributed by atoms with van der Waals surface area (Å²) in [5.41, 5.74) is 0. The standard InChI is InChI=1S/C44H82O5/c1-3-5-7-9-11-13-15-17-19-21-22-23-25-27-29-31-33-35-37-39-44(47)49-42(40-45)41-48-43(46)38-36-34-32-30-28-26-24-20-18-16-14-12-10-8-6-4-2/h20-22,24,42,45H,3-19,23,25-41H2,1-2H3/b22-21-,24-20-/t42-/m0/s1. The van der Waals surface area contributed by atoms with Crippen LogP contribution in [-0.4, -0.2) is 36.4 Å². The molecule has 1 atom stereocenters. The maximum absolute atomic E-state index is 12.2. The number of allylic oxidation sites excluding steroid dienone is 4. The minimum absolute atomic E-state index is 0.0688. The third kappa shape index (κ3) is 39.0. The number of ether oxygens (including phenoxy) is 2. The van der Waals surface area contributed by atoms with Gasteiger partial charge in [-0.3, -0.25) is 9.59 Å². The zero-order valence-electron chi connectivity index (χ0n) is 32.7. The summed E-state index contributed by atoms with van der Waals surface area (Å²) < 4.78 is 10.6. The lowest BCUT2D eigenvalue weighted by Gasteiger charge is -2.15. The van der Waals surface area contributed by atoms with Crippen molar-refractivity contribution >= 4 is 11.9 Å².